The summed E-state index contributed by atoms with van der Waals surface area (Å²) in [6.45, 7) is 2.15. The van der Waals surface area contributed by atoms with Crippen molar-refractivity contribution in [2.75, 3.05) is 18.4 Å². The summed E-state index contributed by atoms with van der Waals surface area (Å²) in [5.41, 5.74) is 0.314. The predicted molar refractivity (Wildman–Crippen MR) is 76.9 cm³/mol. The van der Waals surface area contributed by atoms with Gasteiger partial charge >= 0.3 is 0 Å². The highest BCUT2D eigenvalue weighted by atomic mass is 19.2. The molecule has 1 aliphatic heterocycles. The fraction of sp³-hybridized carbons (Fsp3) is 0.562. The van der Waals surface area contributed by atoms with Crippen molar-refractivity contribution < 1.29 is 13.6 Å². The SMILES string of the molecule is O=C(CC1CCN(C2CC2)CC1)Nc1ccc(F)c(F)c1. The van der Waals surface area contributed by atoms with Crippen LogP contribution in [0.3, 0.4) is 0 Å². The van der Waals surface area contributed by atoms with Crippen LogP contribution in [0.2, 0.25) is 0 Å². The topological polar surface area (TPSA) is 32.3 Å². The lowest BCUT2D eigenvalue weighted by Crippen LogP contribution is -2.36. The molecule has 0 unspecified atom stereocenters. The number of likely N-dealkylation sites (tertiary alicyclic amines) is 1. The van der Waals surface area contributed by atoms with Crippen LogP contribution in [0.15, 0.2) is 18.2 Å². The van der Waals surface area contributed by atoms with Gasteiger partial charge in [0, 0.05) is 24.2 Å². The van der Waals surface area contributed by atoms with Gasteiger partial charge in [-0.3, -0.25) is 4.79 Å². The molecule has 1 N–H and O–H groups in total. The third-order valence-electron chi connectivity index (χ3n) is 4.39. The minimum absolute atomic E-state index is 0.120. The summed E-state index contributed by atoms with van der Waals surface area (Å²) in [5, 5.41) is 2.64. The predicted octanol–water partition coefficient (Wildman–Crippen LogP) is 3.17. The van der Waals surface area contributed by atoms with E-state index in [1.807, 2.05) is 0 Å². The van der Waals surface area contributed by atoms with Crippen LogP contribution in [-0.4, -0.2) is 29.9 Å². The van der Waals surface area contributed by atoms with Crippen molar-refractivity contribution in [2.24, 2.45) is 5.92 Å². The van der Waals surface area contributed by atoms with Gasteiger partial charge in [-0.25, -0.2) is 8.78 Å². The van der Waals surface area contributed by atoms with E-state index >= 15 is 0 Å². The molecule has 2 fully saturated rings. The summed E-state index contributed by atoms with van der Waals surface area (Å²) in [5.74, 6) is -1.57. The molecule has 2 aliphatic rings. The lowest BCUT2D eigenvalue weighted by Gasteiger charge is -2.31. The van der Waals surface area contributed by atoms with Gasteiger partial charge in [0.25, 0.3) is 0 Å². The number of carbonyl (C=O) groups excluding carboxylic acids is 1. The molecule has 3 nitrogen and oxygen atoms in total. The summed E-state index contributed by atoms with van der Waals surface area (Å²) in [7, 11) is 0. The van der Waals surface area contributed by atoms with Gasteiger partial charge in [-0.2, -0.15) is 0 Å². The molecule has 0 atom stereocenters. The van der Waals surface area contributed by atoms with E-state index in [0.29, 0.717) is 18.0 Å². The van der Waals surface area contributed by atoms with Gasteiger partial charge in [-0.1, -0.05) is 0 Å². The van der Waals surface area contributed by atoms with E-state index in [1.165, 1.54) is 18.9 Å². The highest BCUT2D eigenvalue weighted by Gasteiger charge is 2.32. The molecule has 1 aliphatic carbocycles. The third-order valence-corrected chi connectivity index (χ3v) is 4.39. The first-order chi connectivity index (χ1) is 10.1. The maximum atomic E-state index is 13.1. The van der Waals surface area contributed by atoms with Crippen molar-refractivity contribution in [1.29, 1.82) is 0 Å². The van der Waals surface area contributed by atoms with Crippen molar-refractivity contribution in [1.82, 2.24) is 4.90 Å². The number of nitrogens with one attached hydrogen (secondary N) is 1. The third kappa shape index (κ3) is 3.79. The number of benzene rings is 1. The summed E-state index contributed by atoms with van der Waals surface area (Å²) in [6.07, 6.45) is 5.18. The van der Waals surface area contributed by atoms with Crippen LogP contribution in [0.25, 0.3) is 0 Å². The van der Waals surface area contributed by atoms with Gasteiger partial charge < -0.3 is 10.2 Å². The average Bonchev–Trinajstić information content (AvgIpc) is 3.28. The molecule has 1 heterocycles. The van der Waals surface area contributed by atoms with Crippen molar-refractivity contribution in [2.45, 2.75) is 38.1 Å². The number of hydrogen-bond acceptors (Lipinski definition) is 2. The largest absolute Gasteiger partial charge is 0.326 e. The Bertz CT molecular complexity index is 523. The Labute approximate surface area is 123 Å². The Morgan fingerprint density at radius 1 is 1.14 bits per heavy atom. The van der Waals surface area contributed by atoms with Gasteiger partial charge in [-0.05, 0) is 56.8 Å². The van der Waals surface area contributed by atoms with E-state index in [-0.39, 0.29) is 5.91 Å². The van der Waals surface area contributed by atoms with Crippen molar-refractivity contribution in [3.8, 4) is 0 Å². The first-order valence-corrected chi connectivity index (χ1v) is 7.61. The fourth-order valence-electron chi connectivity index (χ4n) is 3.01. The van der Waals surface area contributed by atoms with Crippen LogP contribution in [0.5, 0.6) is 0 Å². The standard InChI is InChI=1S/C16H20F2N2O/c17-14-4-1-12(10-15(14)18)19-16(21)9-11-5-7-20(8-6-11)13-2-3-13/h1,4,10-11,13H,2-3,5-9H2,(H,19,21). The van der Waals surface area contributed by atoms with E-state index in [9.17, 15) is 13.6 Å². The van der Waals surface area contributed by atoms with Gasteiger partial charge in [0.15, 0.2) is 11.6 Å². The van der Waals surface area contributed by atoms with Crippen LogP contribution in [0.4, 0.5) is 14.5 Å². The minimum atomic E-state index is -0.939. The minimum Gasteiger partial charge on any atom is -0.326 e. The molecule has 1 saturated carbocycles. The molecule has 0 bridgehead atoms. The Hall–Kier alpha value is -1.49. The van der Waals surface area contributed by atoms with Crippen LogP contribution >= 0.6 is 0 Å². The number of hydrogen-bond donors (Lipinski definition) is 1. The molecule has 0 radical (unpaired) electrons. The lowest BCUT2D eigenvalue weighted by molar-refractivity contribution is -0.117. The number of nitrogens with zero attached hydrogens (tertiary/aromatic N) is 1. The smallest absolute Gasteiger partial charge is 0.224 e. The van der Waals surface area contributed by atoms with Gasteiger partial charge in [0.05, 0.1) is 0 Å². The monoisotopic (exact) mass is 294 g/mol. The molecular formula is C16H20F2N2O. The second-order valence-electron chi connectivity index (χ2n) is 6.09. The van der Waals surface area contributed by atoms with E-state index < -0.39 is 11.6 Å². The number of anilines is 1. The molecule has 114 valence electrons. The van der Waals surface area contributed by atoms with Crippen LogP contribution in [0, 0.1) is 17.6 Å². The Morgan fingerprint density at radius 3 is 2.48 bits per heavy atom. The molecule has 1 aromatic rings. The second kappa shape index (κ2) is 6.10. The molecule has 3 rings (SSSR count). The quantitative estimate of drug-likeness (QED) is 0.925. The zero-order valence-electron chi connectivity index (χ0n) is 11.9. The highest BCUT2D eigenvalue weighted by molar-refractivity contribution is 5.90. The number of halogens is 2. The van der Waals surface area contributed by atoms with Crippen molar-refractivity contribution >= 4 is 11.6 Å². The van der Waals surface area contributed by atoms with Crippen LogP contribution < -0.4 is 5.32 Å². The molecule has 0 spiro atoms. The van der Waals surface area contributed by atoms with Crippen LogP contribution in [0.1, 0.15) is 32.1 Å². The summed E-state index contributed by atoms with van der Waals surface area (Å²) >= 11 is 0. The van der Waals surface area contributed by atoms with Crippen molar-refractivity contribution in [3.63, 3.8) is 0 Å². The molecule has 1 amide bonds. The molecule has 5 heteroatoms. The Kier molecular flexibility index (Phi) is 4.19. The number of carbonyl (C=O) groups is 1. The molecule has 1 saturated heterocycles. The highest BCUT2D eigenvalue weighted by Crippen LogP contribution is 2.31. The number of rotatable bonds is 4. The molecule has 21 heavy (non-hydrogen) atoms. The van der Waals surface area contributed by atoms with Crippen molar-refractivity contribution in [3.05, 3.63) is 29.8 Å². The van der Waals surface area contributed by atoms with Crippen LogP contribution in [-0.2, 0) is 4.79 Å². The lowest BCUT2D eigenvalue weighted by atomic mass is 9.93. The fourth-order valence-corrected chi connectivity index (χ4v) is 3.01. The first kappa shape index (κ1) is 14.4. The van der Waals surface area contributed by atoms with Gasteiger partial charge in [-0.15, -0.1) is 0 Å². The van der Waals surface area contributed by atoms with E-state index in [0.717, 1.165) is 44.1 Å². The average molecular weight is 294 g/mol. The summed E-state index contributed by atoms with van der Waals surface area (Å²) in [4.78, 5) is 14.5. The zero-order chi connectivity index (χ0) is 14.8. The Morgan fingerprint density at radius 2 is 1.86 bits per heavy atom. The normalized spacial score (nSPS) is 20.5. The Balaban J connectivity index is 1.46. The second-order valence-corrected chi connectivity index (χ2v) is 6.09. The summed E-state index contributed by atoms with van der Waals surface area (Å²) < 4.78 is 25.9. The first-order valence-electron chi connectivity index (χ1n) is 7.61. The van der Waals surface area contributed by atoms with E-state index in [4.69, 9.17) is 0 Å². The van der Waals surface area contributed by atoms with E-state index in [2.05, 4.69) is 10.2 Å². The molecular weight excluding hydrogens is 274 g/mol. The number of amides is 1. The van der Waals surface area contributed by atoms with Gasteiger partial charge in [0.1, 0.15) is 0 Å². The van der Waals surface area contributed by atoms with Gasteiger partial charge in [0.2, 0.25) is 5.91 Å². The maximum Gasteiger partial charge on any atom is 0.224 e. The number of piperidine rings is 1. The summed E-state index contributed by atoms with van der Waals surface area (Å²) in [6, 6.07) is 4.22. The molecule has 0 aromatic heterocycles. The van der Waals surface area contributed by atoms with E-state index in [1.54, 1.807) is 0 Å². The zero-order valence-corrected chi connectivity index (χ0v) is 11.9. The maximum absolute atomic E-state index is 13.1. The molecule has 1 aromatic carbocycles.